The summed E-state index contributed by atoms with van der Waals surface area (Å²) >= 11 is 0. The monoisotopic (exact) mass is 294 g/mol. The molecule has 1 saturated carbocycles. The summed E-state index contributed by atoms with van der Waals surface area (Å²) in [5.41, 5.74) is 2.06. The highest BCUT2D eigenvalue weighted by Gasteiger charge is 2.20. The minimum atomic E-state index is 0.540. The Balaban J connectivity index is 1.54. The minimum absolute atomic E-state index is 0.540. The van der Waals surface area contributed by atoms with E-state index in [2.05, 4.69) is 16.4 Å². The zero-order valence-electron chi connectivity index (χ0n) is 12.8. The first-order chi connectivity index (χ1) is 10.4. The van der Waals surface area contributed by atoms with Crippen molar-refractivity contribution in [2.24, 2.45) is 0 Å². The average molecular weight is 294 g/mol. The number of hydrogen-bond donors (Lipinski definition) is 1. The fourth-order valence-corrected chi connectivity index (χ4v) is 1.95. The molecule has 0 aliphatic heterocycles. The molecule has 1 aliphatic rings. The lowest BCUT2D eigenvalue weighted by Crippen LogP contribution is -2.16. The van der Waals surface area contributed by atoms with Gasteiger partial charge in [0.05, 0.1) is 31.2 Å². The molecule has 1 heterocycles. The molecule has 0 bridgehead atoms. The first kappa shape index (κ1) is 16.4. The summed E-state index contributed by atoms with van der Waals surface area (Å²) in [6.07, 6.45) is 3.52. The van der Waals surface area contributed by atoms with Gasteiger partial charge in [0.25, 0.3) is 0 Å². The fourth-order valence-electron chi connectivity index (χ4n) is 1.95. The molecule has 0 saturated heterocycles. The Morgan fingerprint density at radius 1 is 1.10 bits per heavy atom. The van der Waals surface area contributed by atoms with E-state index in [-0.39, 0.29) is 0 Å². The van der Waals surface area contributed by atoms with Gasteiger partial charge in [-0.25, -0.2) is 0 Å². The Hall–Kier alpha value is -1.01. The second-order valence-electron chi connectivity index (χ2n) is 5.29. The van der Waals surface area contributed by atoms with Gasteiger partial charge in [-0.05, 0) is 31.4 Å². The molecule has 0 aromatic carbocycles. The zero-order chi connectivity index (χ0) is 14.8. The van der Waals surface area contributed by atoms with Gasteiger partial charge in [0.15, 0.2) is 0 Å². The van der Waals surface area contributed by atoms with E-state index in [4.69, 9.17) is 14.2 Å². The number of nitrogens with one attached hydrogen (secondary N) is 1. The molecule has 0 radical (unpaired) electrons. The number of hydrogen-bond acceptors (Lipinski definition) is 5. The number of rotatable bonds is 12. The zero-order valence-corrected chi connectivity index (χ0v) is 12.8. The Morgan fingerprint density at radius 2 is 1.90 bits per heavy atom. The molecule has 1 N–H and O–H groups in total. The van der Waals surface area contributed by atoms with Crippen LogP contribution in [-0.2, 0) is 27.4 Å². The predicted molar refractivity (Wildman–Crippen MR) is 81.1 cm³/mol. The maximum absolute atomic E-state index is 5.58. The number of aromatic nitrogens is 1. The van der Waals surface area contributed by atoms with Crippen LogP contribution in [0.15, 0.2) is 18.2 Å². The molecule has 5 nitrogen and oxygen atoms in total. The molecule has 1 aromatic heterocycles. The molecule has 118 valence electrons. The molecule has 2 rings (SSSR count). The molecule has 0 atom stereocenters. The quantitative estimate of drug-likeness (QED) is 0.597. The summed E-state index contributed by atoms with van der Waals surface area (Å²) in [7, 11) is 1.70. The normalized spacial score (nSPS) is 14.5. The highest BCUT2D eigenvalue weighted by atomic mass is 16.5. The van der Waals surface area contributed by atoms with E-state index in [1.54, 1.807) is 7.11 Å². The largest absolute Gasteiger partial charge is 0.385 e. The van der Waals surface area contributed by atoms with Crippen molar-refractivity contribution in [3.8, 4) is 0 Å². The van der Waals surface area contributed by atoms with Crippen LogP contribution >= 0.6 is 0 Å². The molecule has 1 aliphatic carbocycles. The summed E-state index contributed by atoms with van der Waals surface area (Å²) in [4.78, 5) is 4.59. The van der Waals surface area contributed by atoms with E-state index >= 15 is 0 Å². The summed E-state index contributed by atoms with van der Waals surface area (Å²) in [5.74, 6) is 0. The lowest BCUT2D eigenvalue weighted by molar-refractivity contribution is 0.0327. The van der Waals surface area contributed by atoms with Crippen LogP contribution in [0.1, 0.15) is 30.7 Å². The number of nitrogens with zero attached hydrogens (tertiary/aromatic N) is 1. The van der Waals surface area contributed by atoms with Crippen LogP contribution in [-0.4, -0.2) is 44.6 Å². The lowest BCUT2D eigenvalue weighted by atomic mass is 10.3. The van der Waals surface area contributed by atoms with Gasteiger partial charge in [0.2, 0.25) is 0 Å². The van der Waals surface area contributed by atoms with Gasteiger partial charge in [0, 0.05) is 32.9 Å². The van der Waals surface area contributed by atoms with Gasteiger partial charge < -0.3 is 19.5 Å². The topological polar surface area (TPSA) is 52.6 Å². The summed E-state index contributed by atoms with van der Waals surface area (Å²) < 4.78 is 16.0. The fraction of sp³-hybridized carbons (Fsp3) is 0.688. The van der Waals surface area contributed by atoms with Crippen LogP contribution < -0.4 is 5.32 Å². The molecular weight excluding hydrogens is 268 g/mol. The van der Waals surface area contributed by atoms with Gasteiger partial charge in [-0.1, -0.05) is 6.07 Å². The Morgan fingerprint density at radius 3 is 2.71 bits per heavy atom. The number of pyridine rings is 1. The number of methoxy groups -OCH3 is 1. The van der Waals surface area contributed by atoms with E-state index in [1.807, 2.05) is 12.1 Å². The van der Waals surface area contributed by atoms with E-state index in [0.29, 0.717) is 25.9 Å². The van der Waals surface area contributed by atoms with Crippen molar-refractivity contribution in [1.82, 2.24) is 10.3 Å². The van der Waals surface area contributed by atoms with Crippen LogP contribution in [0.3, 0.4) is 0 Å². The molecule has 0 amide bonds. The molecule has 1 aromatic rings. The van der Waals surface area contributed by atoms with E-state index in [9.17, 15) is 0 Å². The van der Waals surface area contributed by atoms with Crippen molar-refractivity contribution in [3.63, 3.8) is 0 Å². The first-order valence-corrected chi connectivity index (χ1v) is 7.71. The van der Waals surface area contributed by atoms with Crippen LogP contribution in [0.5, 0.6) is 0 Å². The van der Waals surface area contributed by atoms with Gasteiger partial charge in [-0.15, -0.1) is 0 Å². The van der Waals surface area contributed by atoms with Crippen molar-refractivity contribution in [1.29, 1.82) is 0 Å². The van der Waals surface area contributed by atoms with Gasteiger partial charge >= 0.3 is 0 Å². The first-order valence-electron chi connectivity index (χ1n) is 7.71. The average Bonchev–Trinajstić information content (AvgIpc) is 3.33. The highest BCUT2D eigenvalue weighted by molar-refractivity contribution is 5.10. The van der Waals surface area contributed by atoms with E-state index in [0.717, 1.165) is 37.6 Å². The van der Waals surface area contributed by atoms with Gasteiger partial charge in [-0.3, -0.25) is 4.98 Å². The third-order valence-corrected chi connectivity index (χ3v) is 3.27. The molecule has 0 unspecified atom stereocenters. The van der Waals surface area contributed by atoms with Crippen LogP contribution in [0.25, 0.3) is 0 Å². The predicted octanol–water partition coefficient (Wildman–Crippen LogP) is 1.90. The Kier molecular flexibility index (Phi) is 7.67. The standard InChI is InChI=1S/C16H26N2O3/c1-19-8-3-9-20-10-11-21-13-16-5-2-4-15(18-16)12-17-14-6-7-14/h2,4-5,14,17H,3,6-13H2,1H3. The van der Waals surface area contributed by atoms with Crippen LogP contribution in [0, 0.1) is 0 Å². The number of ether oxygens (including phenoxy) is 3. The van der Waals surface area contributed by atoms with E-state index in [1.165, 1.54) is 12.8 Å². The van der Waals surface area contributed by atoms with Crippen molar-refractivity contribution < 1.29 is 14.2 Å². The maximum Gasteiger partial charge on any atom is 0.0889 e. The Labute approximate surface area is 127 Å². The van der Waals surface area contributed by atoms with Crippen molar-refractivity contribution >= 4 is 0 Å². The molecule has 5 heteroatoms. The van der Waals surface area contributed by atoms with Gasteiger partial charge in [-0.2, -0.15) is 0 Å². The smallest absolute Gasteiger partial charge is 0.0889 e. The Bertz CT molecular complexity index is 397. The summed E-state index contributed by atoms with van der Waals surface area (Å²) in [6, 6.07) is 6.80. The molecule has 1 fully saturated rings. The SMILES string of the molecule is COCCCOCCOCc1cccc(CNC2CC2)n1. The second kappa shape index (κ2) is 9.84. The second-order valence-corrected chi connectivity index (χ2v) is 5.29. The highest BCUT2D eigenvalue weighted by Crippen LogP contribution is 2.19. The minimum Gasteiger partial charge on any atom is -0.385 e. The maximum atomic E-state index is 5.58. The summed E-state index contributed by atoms with van der Waals surface area (Å²) in [5, 5.41) is 3.47. The lowest BCUT2D eigenvalue weighted by Gasteiger charge is -2.07. The molecular formula is C16H26N2O3. The molecule has 0 spiro atoms. The van der Waals surface area contributed by atoms with Crippen molar-refractivity contribution in [3.05, 3.63) is 29.6 Å². The van der Waals surface area contributed by atoms with Crippen molar-refractivity contribution in [2.45, 2.75) is 38.5 Å². The van der Waals surface area contributed by atoms with Crippen molar-refractivity contribution in [2.75, 3.05) is 33.5 Å². The van der Waals surface area contributed by atoms with Crippen LogP contribution in [0.2, 0.25) is 0 Å². The third-order valence-electron chi connectivity index (χ3n) is 3.27. The summed E-state index contributed by atoms with van der Waals surface area (Å²) in [6.45, 7) is 4.07. The molecule has 21 heavy (non-hydrogen) atoms. The van der Waals surface area contributed by atoms with E-state index < -0.39 is 0 Å². The van der Waals surface area contributed by atoms with Crippen LogP contribution in [0.4, 0.5) is 0 Å². The third kappa shape index (κ3) is 7.52. The van der Waals surface area contributed by atoms with Gasteiger partial charge in [0.1, 0.15) is 0 Å².